The lowest BCUT2D eigenvalue weighted by Crippen LogP contribution is -2.48. The van der Waals surface area contributed by atoms with Crippen LogP contribution < -0.4 is 16.1 Å². The van der Waals surface area contributed by atoms with Crippen LogP contribution in [0.25, 0.3) is 0 Å². The Morgan fingerprint density at radius 2 is 2.06 bits per heavy atom. The Labute approximate surface area is 97.4 Å². The van der Waals surface area contributed by atoms with Gasteiger partial charge >= 0.3 is 0 Å². The average molecular weight is 235 g/mol. The highest BCUT2D eigenvalue weighted by atomic mass is 16.2. The smallest absolute Gasteiger partial charge is 0.249 e. The molecule has 1 aliphatic heterocycles. The fourth-order valence-electron chi connectivity index (χ4n) is 1.72. The van der Waals surface area contributed by atoms with E-state index in [1.807, 2.05) is 0 Å². The first-order valence-electron chi connectivity index (χ1n) is 5.36. The molecular formula is C11H13N3O3. The normalized spacial score (nSPS) is 19.9. The summed E-state index contributed by atoms with van der Waals surface area (Å²) >= 11 is 0. The van der Waals surface area contributed by atoms with Crippen LogP contribution >= 0.6 is 0 Å². The third kappa shape index (κ3) is 2.35. The molecule has 1 atom stereocenters. The number of hydrogen-bond donors (Lipinski definition) is 3. The summed E-state index contributed by atoms with van der Waals surface area (Å²) in [7, 11) is 0. The first kappa shape index (κ1) is 11.4. The van der Waals surface area contributed by atoms with Gasteiger partial charge in [0.25, 0.3) is 0 Å². The van der Waals surface area contributed by atoms with Gasteiger partial charge in [0.05, 0.1) is 5.69 Å². The molecule has 6 heteroatoms. The molecule has 0 bridgehead atoms. The molecule has 1 fully saturated rings. The van der Waals surface area contributed by atoms with Crippen molar-refractivity contribution in [3.63, 3.8) is 0 Å². The second-order valence-corrected chi connectivity index (χ2v) is 4.03. The van der Waals surface area contributed by atoms with Crippen LogP contribution in [0.4, 0.5) is 5.69 Å². The number of nitrogens with one attached hydrogen (secondary N) is 3. The minimum atomic E-state index is -0.532. The number of aromatic nitrogens is 1. The van der Waals surface area contributed by atoms with Gasteiger partial charge in [-0.1, -0.05) is 0 Å². The van der Waals surface area contributed by atoms with E-state index in [0.29, 0.717) is 17.7 Å². The van der Waals surface area contributed by atoms with E-state index in [4.69, 9.17) is 0 Å². The van der Waals surface area contributed by atoms with Crippen LogP contribution in [0.5, 0.6) is 0 Å². The highest BCUT2D eigenvalue weighted by molar-refractivity contribution is 6.01. The molecule has 1 saturated heterocycles. The number of rotatable bonds is 2. The lowest BCUT2D eigenvalue weighted by atomic mass is 10.1. The summed E-state index contributed by atoms with van der Waals surface area (Å²) < 4.78 is 0. The van der Waals surface area contributed by atoms with Crippen LogP contribution in [0.1, 0.15) is 18.4 Å². The van der Waals surface area contributed by atoms with Crippen molar-refractivity contribution in [1.29, 1.82) is 0 Å². The van der Waals surface area contributed by atoms with Gasteiger partial charge in [0, 0.05) is 24.4 Å². The number of hydrogen-bond acceptors (Lipinski definition) is 4. The van der Waals surface area contributed by atoms with E-state index >= 15 is 0 Å². The number of carbonyl (C=O) groups excluding carboxylic acids is 2. The van der Waals surface area contributed by atoms with E-state index in [2.05, 4.69) is 15.6 Å². The second kappa shape index (κ2) is 4.40. The zero-order chi connectivity index (χ0) is 12.4. The van der Waals surface area contributed by atoms with Gasteiger partial charge in [-0.3, -0.25) is 19.7 Å². The Morgan fingerprint density at radius 1 is 1.29 bits per heavy atom. The predicted octanol–water partition coefficient (Wildman–Crippen LogP) is -0.0996. The van der Waals surface area contributed by atoms with Crippen molar-refractivity contribution in [3.05, 3.63) is 28.2 Å². The van der Waals surface area contributed by atoms with Crippen molar-refractivity contribution in [3.8, 4) is 0 Å². The molecule has 90 valence electrons. The summed E-state index contributed by atoms with van der Waals surface area (Å²) in [6.45, 7) is 1.69. The number of aromatic amines is 1. The number of H-pyrrole nitrogens is 1. The third-order valence-electron chi connectivity index (χ3n) is 2.70. The van der Waals surface area contributed by atoms with Crippen LogP contribution in [0.2, 0.25) is 0 Å². The van der Waals surface area contributed by atoms with Gasteiger partial charge in [-0.25, -0.2) is 0 Å². The summed E-state index contributed by atoms with van der Waals surface area (Å²) in [5.41, 5.74) is 0.773. The molecule has 3 N–H and O–H groups in total. The summed E-state index contributed by atoms with van der Waals surface area (Å²) in [6.07, 6.45) is 3.79. The van der Waals surface area contributed by atoms with E-state index in [1.165, 1.54) is 6.20 Å². The van der Waals surface area contributed by atoms with Crippen molar-refractivity contribution < 1.29 is 9.59 Å². The molecule has 0 spiro atoms. The van der Waals surface area contributed by atoms with E-state index in [0.717, 1.165) is 0 Å². The van der Waals surface area contributed by atoms with Crippen molar-refractivity contribution in [2.45, 2.75) is 25.8 Å². The number of carbonyl (C=O) groups is 2. The van der Waals surface area contributed by atoms with Gasteiger partial charge in [0.2, 0.25) is 17.2 Å². The number of aryl methyl sites for hydroxylation is 1. The molecule has 17 heavy (non-hydrogen) atoms. The molecule has 0 aromatic carbocycles. The second-order valence-electron chi connectivity index (χ2n) is 4.03. The third-order valence-corrected chi connectivity index (χ3v) is 2.70. The quantitative estimate of drug-likeness (QED) is 0.624. The van der Waals surface area contributed by atoms with Crippen LogP contribution in [0.15, 0.2) is 17.2 Å². The molecule has 2 rings (SSSR count). The van der Waals surface area contributed by atoms with E-state index in [1.54, 1.807) is 13.1 Å². The number of imide groups is 1. The Bertz CT molecular complexity index is 521. The molecule has 1 aromatic rings. The maximum absolute atomic E-state index is 11.7. The molecule has 0 saturated carbocycles. The van der Waals surface area contributed by atoms with Gasteiger partial charge in [0.15, 0.2) is 0 Å². The average Bonchev–Trinajstić information content (AvgIpc) is 2.28. The van der Waals surface area contributed by atoms with E-state index in [-0.39, 0.29) is 23.7 Å². The standard InChI is InChI=1S/C11H13N3O3/c1-6-4-12-5-8(10(6)16)13-7-2-3-9(15)14-11(7)17/h4-5,7,13H,2-3H2,1H3,(H,12,16)(H,14,15,17). The zero-order valence-electron chi connectivity index (χ0n) is 9.37. The van der Waals surface area contributed by atoms with Crippen molar-refractivity contribution >= 4 is 17.5 Å². The molecule has 1 unspecified atom stereocenters. The SMILES string of the molecule is Cc1c[nH]cc(NC2CCC(=O)NC2=O)c1=O. The van der Waals surface area contributed by atoms with Crippen molar-refractivity contribution in [2.24, 2.45) is 0 Å². The summed E-state index contributed by atoms with van der Waals surface area (Å²) in [5, 5.41) is 5.08. The Morgan fingerprint density at radius 3 is 2.76 bits per heavy atom. The highest BCUT2D eigenvalue weighted by Gasteiger charge is 2.26. The molecule has 6 nitrogen and oxygen atoms in total. The van der Waals surface area contributed by atoms with Gasteiger partial charge in [-0.2, -0.15) is 0 Å². The topological polar surface area (TPSA) is 91.1 Å². The zero-order valence-corrected chi connectivity index (χ0v) is 9.37. The lowest BCUT2D eigenvalue weighted by molar-refractivity contribution is -0.133. The first-order valence-corrected chi connectivity index (χ1v) is 5.36. The molecule has 2 heterocycles. The predicted molar refractivity (Wildman–Crippen MR) is 61.6 cm³/mol. The van der Waals surface area contributed by atoms with Crippen LogP contribution in [0, 0.1) is 6.92 Å². The maximum Gasteiger partial charge on any atom is 0.249 e. The van der Waals surface area contributed by atoms with Gasteiger partial charge < -0.3 is 10.3 Å². The number of piperidine rings is 1. The molecule has 2 amide bonds. The molecule has 1 aliphatic rings. The largest absolute Gasteiger partial charge is 0.369 e. The van der Waals surface area contributed by atoms with Gasteiger partial charge in [-0.05, 0) is 13.3 Å². The molecule has 0 aliphatic carbocycles. The van der Waals surface area contributed by atoms with Gasteiger partial charge in [-0.15, -0.1) is 0 Å². The van der Waals surface area contributed by atoms with E-state index < -0.39 is 6.04 Å². The highest BCUT2D eigenvalue weighted by Crippen LogP contribution is 2.10. The van der Waals surface area contributed by atoms with Crippen LogP contribution in [-0.4, -0.2) is 22.8 Å². The Hall–Kier alpha value is -2.11. The first-order chi connectivity index (χ1) is 8.08. The monoisotopic (exact) mass is 235 g/mol. The van der Waals surface area contributed by atoms with Crippen LogP contribution in [0.3, 0.4) is 0 Å². The fourth-order valence-corrected chi connectivity index (χ4v) is 1.72. The van der Waals surface area contributed by atoms with Crippen molar-refractivity contribution in [2.75, 3.05) is 5.32 Å². The minimum absolute atomic E-state index is 0.145. The summed E-state index contributed by atoms with van der Waals surface area (Å²) in [5.74, 6) is -0.659. The van der Waals surface area contributed by atoms with Crippen LogP contribution in [-0.2, 0) is 9.59 Å². The van der Waals surface area contributed by atoms with E-state index in [9.17, 15) is 14.4 Å². The summed E-state index contributed by atoms with van der Waals surface area (Å²) in [6, 6.07) is -0.532. The maximum atomic E-state index is 11.7. The van der Waals surface area contributed by atoms with Crippen molar-refractivity contribution in [1.82, 2.24) is 10.3 Å². The molecular weight excluding hydrogens is 222 g/mol. The number of amides is 2. The number of pyridine rings is 1. The fraction of sp³-hybridized carbons (Fsp3) is 0.364. The minimum Gasteiger partial charge on any atom is -0.369 e. The van der Waals surface area contributed by atoms with Gasteiger partial charge in [0.1, 0.15) is 6.04 Å². The summed E-state index contributed by atoms with van der Waals surface area (Å²) in [4.78, 5) is 37.0. The molecule has 0 radical (unpaired) electrons. The number of anilines is 1. The molecule has 1 aromatic heterocycles. The Kier molecular flexibility index (Phi) is 2.95. The Balaban J connectivity index is 2.16. The lowest BCUT2D eigenvalue weighted by Gasteiger charge is -2.22.